The Morgan fingerprint density at radius 1 is 1.40 bits per heavy atom. The van der Waals surface area contributed by atoms with Crippen LogP contribution in [0.1, 0.15) is 20.8 Å². The quantitative estimate of drug-likeness (QED) is 0.657. The summed E-state index contributed by atoms with van der Waals surface area (Å²) < 4.78 is 0. The van der Waals surface area contributed by atoms with E-state index >= 15 is 0 Å². The highest BCUT2D eigenvalue weighted by Crippen LogP contribution is 2.14. The van der Waals surface area contributed by atoms with Crippen molar-refractivity contribution in [1.82, 2.24) is 10.2 Å². The van der Waals surface area contributed by atoms with Gasteiger partial charge in [0.2, 0.25) is 0 Å². The lowest BCUT2D eigenvalue weighted by Crippen LogP contribution is -2.50. The summed E-state index contributed by atoms with van der Waals surface area (Å²) in [4.78, 5) is 23.8. The molecule has 15 heavy (non-hydrogen) atoms. The molecule has 0 spiro atoms. The molecule has 2 N–H and O–H groups in total. The zero-order chi connectivity index (χ0) is 12.2. The van der Waals surface area contributed by atoms with Crippen LogP contribution in [0.5, 0.6) is 0 Å². The molecule has 1 atom stereocenters. The van der Waals surface area contributed by atoms with Crippen LogP contribution in [0, 0.1) is 5.41 Å². The predicted molar refractivity (Wildman–Crippen MR) is 57.6 cm³/mol. The van der Waals surface area contributed by atoms with E-state index in [9.17, 15) is 9.59 Å². The third-order valence-corrected chi connectivity index (χ3v) is 1.87. The van der Waals surface area contributed by atoms with Gasteiger partial charge >= 0.3 is 5.97 Å². The van der Waals surface area contributed by atoms with Gasteiger partial charge in [0.1, 0.15) is 0 Å². The summed E-state index contributed by atoms with van der Waals surface area (Å²) in [5, 5.41) is 11.3. The molecular formula is C10H20N2O3. The molecule has 0 aliphatic heterocycles. The molecule has 0 aromatic heterocycles. The van der Waals surface area contributed by atoms with E-state index in [-0.39, 0.29) is 5.41 Å². The molecule has 0 saturated carbocycles. The Labute approximate surface area is 90.5 Å². The molecule has 5 heteroatoms. The van der Waals surface area contributed by atoms with E-state index in [0.29, 0.717) is 6.54 Å². The van der Waals surface area contributed by atoms with Gasteiger partial charge in [0.15, 0.2) is 6.04 Å². The Balaban J connectivity index is 4.49. The molecule has 0 saturated heterocycles. The molecule has 0 fully saturated rings. The second kappa shape index (κ2) is 5.11. The number of amides is 1. The molecule has 0 aromatic rings. The summed E-state index contributed by atoms with van der Waals surface area (Å²) in [6.07, 6.45) is 0. The van der Waals surface area contributed by atoms with E-state index in [1.165, 1.54) is 11.9 Å². The van der Waals surface area contributed by atoms with Crippen molar-refractivity contribution >= 4 is 11.9 Å². The number of carbonyl (C=O) groups excluding carboxylic acids is 1. The van der Waals surface area contributed by atoms with Gasteiger partial charge in [-0.1, -0.05) is 20.8 Å². The van der Waals surface area contributed by atoms with Gasteiger partial charge in [0.05, 0.1) is 0 Å². The number of aliphatic carboxylic acids is 1. The molecule has 88 valence electrons. The third-order valence-electron chi connectivity index (χ3n) is 1.87. The maximum Gasteiger partial charge on any atom is 0.330 e. The zero-order valence-corrected chi connectivity index (χ0v) is 10.00. The van der Waals surface area contributed by atoms with Crippen LogP contribution in [0.15, 0.2) is 0 Å². The number of nitrogens with zero attached hydrogens (tertiary/aromatic N) is 1. The first-order valence-corrected chi connectivity index (χ1v) is 4.84. The minimum atomic E-state index is -1.16. The van der Waals surface area contributed by atoms with E-state index in [1.54, 1.807) is 7.05 Å². The van der Waals surface area contributed by atoms with Crippen molar-refractivity contribution in [3.8, 4) is 0 Å². The molecule has 1 amide bonds. The maximum atomic E-state index is 11.7. The average molecular weight is 216 g/mol. The van der Waals surface area contributed by atoms with Gasteiger partial charge in [-0.25, -0.2) is 4.79 Å². The second-order valence-electron chi connectivity index (χ2n) is 4.81. The predicted octanol–water partition coefficient (Wildman–Crippen LogP) is 0.164. The highest BCUT2D eigenvalue weighted by atomic mass is 16.4. The second-order valence-corrected chi connectivity index (χ2v) is 4.81. The van der Waals surface area contributed by atoms with E-state index in [1.807, 2.05) is 20.8 Å². The number of hydrogen-bond acceptors (Lipinski definition) is 3. The van der Waals surface area contributed by atoms with E-state index in [2.05, 4.69) is 5.32 Å². The molecule has 0 heterocycles. The first kappa shape index (κ1) is 13.9. The summed E-state index contributed by atoms with van der Waals surface area (Å²) >= 11 is 0. The highest BCUT2D eigenvalue weighted by Gasteiger charge is 2.28. The summed E-state index contributed by atoms with van der Waals surface area (Å²) in [7, 11) is 3.07. The number of carbonyl (C=O) groups is 2. The van der Waals surface area contributed by atoms with Gasteiger partial charge < -0.3 is 10.0 Å². The largest absolute Gasteiger partial charge is 0.480 e. The summed E-state index contributed by atoms with van der Waals surface area (Å²) in [5.74, 6) is -1.57. The summed E-state index contributed by atoms with van der Waals surface area (Å²) in [6.45, 7) is 6.50. The Hall–Kier alpha value is -1.10. The molecule has 0 aromatic carbocycles. The van der Waals surface area contributed by atoms with Crippen molar-refractivity contribution in [1.29, 1.82) is 0 Å². The molecular weight excluding hydrogens is 196 g/mol. The van der Waals surface area contributed by atoms with Gasteiger partial charge in [0.25, 0.3) is 5.91 Å². The van der Waals surface area contributed by atoms with Crippen LogP contribution in [0.2, 0.25) is 0 Å². The Bertz CT molecular complexity index is 246. The molecule has 0 aliphatic carbocycles. The van der Waals surface area contributed by atoms with Crippen LogP contribution in [0.4, 0.5) is 0 Å². The zero-order valence-electron chi connectivity index (χ0n) is 10.00. The number of carboxylic acid groups (broad SMARTS) is 1. The topological polar surface area (TPSA) is 69.6 Å². The van der Waals surface area contributed by atoms with Gasteiger partial charge in [-0.3, -0.25) is 10.1 Å². The average Bonchev–Trinajstić information content (AvgIpc) is 2.01. The van der Waals surface area contributed by atoms with Gasteiger partial charge in [0, 0.05) is 13.6 Å². The number of carboxylic acids is 1. The van der Waals surface area contributed by atoms with Crippen molar-refractivity contribution in [2.75, 3.05) is 20.6 Å². The van der Waals surface area contributed by atoms with Crippen molar-refractivity contribution in [2.24, 2.45) is 5.41 Å². The number of nitrogens with one attached hydrogen (secondary N) is 1. The molecule has 5 nitrogen and oxygen atoms in total. The van der Waals surface area contributed by atoms with Crippen LogP contribution in [-0.4, -0.2) is 48.6 Å². The lowest BCUT2D eigenvalue weighted by Gasteiger charge is -2.28. The minimum absolute atomic E-state index is 0.0405. The van der Waals surface area contributed by atoms with E-state index in [4.69, 9.17) is 5.11 Å². The molecule has 0 radical (unpaired) electrons. The number of rotatable bonds is 4. The van der Waals surface area contributed by atoms with Gasteiger partial charge in [-0.05, 0) is 12.5 Å². The fourth-order valence-corrected chi connectivity index (χ4v) is 1.36. The Kier molecular flexibility index (Phi) is 4.74. The minimum Gasteiger partial charge on any atom is -0.480 e. The van der Waals surface area contributed by atoms with Crippen LogP contribution in [0.3, 0.4) is 0 Å². The normalized spacial score (nSPS) is 13.4. The monoisotopic (exact) mass is 216 g/mol. The highest BCUT2D eigenvalue weighted by molar-refractivity contribution is 6.01. The number of likely N-dealkylation sites (N-methyl/N-ethyl adjacent to an activating group) is 2. The van der Waals surface area contributed by atoms with Crippen LogP contribution >= 0.6 is 0 Å². The van der Waals surface area contributed by atoms with Crippen molar-refractivity contribution < 1.29 is 14.7 Å². The van der Waals surface area contributed by atoms with E-state index in [0.717, 1.165) is 0 Å². The summed E-state index contributed by atoms with van der Waals surface area (Å²) in [5.41, 5.74) is -0.0405. The van der Waals surface area contributed by atoms with Crippen LogP contribution in [0.25, 0.3) is 0 Å². The first-order chi connectivity index (χ1) is 6.69. The molecule has 0 bridgehead atoms. The van der Waals surface area contributed by atoms with E-state index < -0.39 is 17.9 Å². The Morgan fingerprint density at radius 3 is 2.13 bits per heavy atom. The molecule has 0 rings (SSSR count). The lowest BCUT2D eigenvalue weighted by atomic mass is 9.96. The third kappa shape index (κ3) is 4.78. The van der Waals surface area contributed by atoms with Crippen LogP contribution < -0.4 is 5.32 Å². The van der Waals surface area contributed by atoms with Crippen molar-refractivity contribution in [3.63, 3.8) is 0 Å². The Morgan fingerprint density at radius 2 is 1.87 bits per heavy atom. The SMILES string of the molecule is CNC(C(=O)O)C(=O)N(C)CC(C)(C)C. The fraction of sp³-hybridized carbons (Fsp3) is 0.800. The van der Waals surface area contributed by atoms with Crippen molar-refractivity contribution in [3.05, 3.63) is 0 Å². The van der Waals surface area contributed by atoms with Gasteiger partial charge in [-0.15, -0.1) is 0 Å². The van der Waals surface area contributed by atoms with Crippen molar-refractivity contribution in [2.45, 2.75) is 26.8 Å². The smallest absolute Gasteiger partial charge is 0.330 e. The molecule has 0 aliphatic rings. The number of hydrogen-bond donors (Lipinski definition) is 2. The lowest BCUT2D eigenvalue weighted by molar-refractivity contribution is -0.147. The summed E-state index contributed by atoms with van der Waals surface area (Å²) in [6, 6.07) is -1.16. The first-order valence-electron chi connectivity index (χ1n) is 4.84. The molecule has 1 unspecified atom stereocenters. The van der Waals surface area contributed by atoms with Gasteiger partial charge in [-0.2, -0.15) is 0 Å². The fourth-order valence-electron chi connectivity index (χ4n) is 1.36. The van der Waals surface area contributed by atoms with Crippen LogP contribution in [-0.2, 0) is 9.59 Å². The standard InChI is InChI=1S/C10H20N2O3/c1-10(2,3)6-12(5)8(13)7(11-4)9(14)15/h7,11H,6H2,1-5H3,(H,14,15). The maximum absolute atomic E-state index is 11.7.